The molecule has 0 radical (unpaired) electrons. The molecule has 1 aromatic carbocycles. The van der Waals surface area contributed by atoms with Gasteiger partial charge in [0.15, 0.2) is 0 Å². The first-order chi connectivity index (χ1) is 11.4. The largest absolute Gasteiger partial charge is 0.440 e. The summed E-state index contributed by atoms with van der Waals surface area (Å²) >= 11 is 0. The van der Waals surface area contributed by atoms with Gasteiger partial charge in [0.25, 0.3) is 10.0 Å². The molecule has 1 saturated carbocycles. The van der Waals surface area contributed by atoms with Crippen molar-refractivity contribution in [2.75, 3.05) is 0 Å². The number of aryl methyl sites for hydroxylation is 1. The zero-order valence-electron chi connectivity index (χ0n) is 13.8. The topological polar surface area (TPSA) is 72.5 Å². The summed E-state index contributed by atoms with van der Waals surface area (Å²) in [5, 5.41) is 0. The quantitative estimate of drug-likeness (QED) is 0.823. The van der Waals surface area contributed by atoms with Crippen molar-refractivity contribution in [2.45, 2.75) is 50.0 Å². The number of hydrogen-bond donors (Lipinski definition) is 1. The smallest absolute Gasteiger partial charge is 0.421 e. The summed E-state index contributed by atoms with van der Waals surface area (Å²) in [6, 6.07) is 6.25. The fraction of sp³-hybridized carbons (Fsp3) is 0.444. The molecule has 1 aromatic rings. The molecule has 1 atom stereocenters. The van der Waals surface area contributed by atoms with Crippen molar-refractivity contribution < 1.29 is 17.9 Å². The van der Waals surface area contributed by atoms with Gasteiger partial charge in [-0.05, 0) is 38.0 Å². The van der Waals surface area contributed by atoms with Crippen LogP contribution in [0.4, 0.5) is 4.79 Å². The van der Waals surface area contributed by atoms with Crippen molar-refractivity contribution in [1.82, 2.24) is 4.72 Å². The highest BCUT2D eigenvalue weighted by molar-refractivity contribution is 7.90. The third-order valence-corrected chi connectivity index (χ3v) is 5.52. The molecule has 0 aromatic heterocycles. The number of carbonyl (C=O) groups excluding carboxylic acids is 1. The number of rotatable bonds is 5. The van der Waals surface area contributed by atoms with Gasteiger partial charge in [-0.25, -0.2) is 17.9 Å². The van der Waals surface area contributed by atoms with E-state index < -0.39 is 22.2 Å². The second-order valence-electron chi connectivity index (χ2n) is 6.06. The highest BCUT2D eigenvalue weighted by atomic mass is 32.2. The van der Waals surface area contributed by atoms with Crippen LogP contribution in [0.5, 0.6) is 0 Å². The molecule has 1 N–H and O–H groups in total. The summed E-state index contributed by atoms with van der Waals surface area (Å²) in [6.07, 6.45) is 5.34. The van der Waals surface area contributed by atoms with E-state index in [0.29, 0.717) is 0 Å². The maximum atomic E-state index is 12.2. The van der Waals surface area contributed by atoms with Crippen molar-refractivity contribution in [1.29, 1.82) is 0 Å². The van der Waals surface area contributed by atoms with Gasteiger partial charge in [-0.15, -0.1) is 5.73 Å². The molecule has 24 heavy (non-hydrogen) atoms. The molecule has 1 aliphatic carbocycles. The molecule has 2 rings (SSSR count). The molecule has 0 unspecified atom stereocenters. The van der Waals surface area contributed by atoms with Gasteiger partial charge in [0.1, 0.15) is 6.10 Å². The van der Waals surface area contributed by atoms with Crippen molar-refractivity contribution in [2.24, 2.45) is 5.92 Å². The van der Waals surface area contributed by atoms with Gasteiger partial charge >= 0.3 is 6.09 Å². The Morgan fingerprint density at radius 3 is 2.50 bits per heavy atom. The SMILES string of the molecule is C=C=C[C@H](OC(=O)NS(=O)(=O)c1ccc(C)cc1)C1CCCCC1. The van der Waals surface area contributed by atoms with E-state index in [-0.39, 0.29) is 10.8 Å². The molecule has 0 saturated heterocycles. The highest BCUT2D eigenvalue weighted by Crippen LogP contribution is 2.28. The predicted octanol–water partition coefficient (Wildman–Crippen LogP) is 3.70. The van der Waals surface area contributed by atoms with E-state index in [2.05, 4.69) is 12.3 Å². The highest BCUT2D eigenvalue weighted by Gasteiger charge is 2.27. The summed E-state index contributed by atoms with van der Waals surface area (Å²) in [4.78, 5) is 12.1. The minimum atomic E-state index is -3.94. The first kappa shape index (κ1) is 18.3. The van der Waals surface area contributed by atoms with E-state index in [1.165, 1.54) is 18.6 Å². The molecular weight excluding hydrogens is 326 g/mol. The number of carbonyl (C=O) groups is 1. The fourth-order valence-corrected chi connectivity index (χ4v) is 3.76. The Morgan fingerprint density at radius 2 is 1.92 bits per heavy atom. The first-order valence-corrected chi connectivity index (χ1v) is 9.57. The lowest BCUT2D eigenvalue weighted by molar-refractivity contribution is 0.0800. The molecule has 1 fully saturated rings. The maximum Gasteiger partial charge on any atom is 0.421 e. The standard InChI is InChI=1S/C18H23NO4S/c1-3-7-17(15-8-5-4-6-9-15)23-18(20)19-24(21,22)16-12-10-14(2)11-13-16/h7,10-13,15,17H,1,4-6,8-9H2,2H3,(H,19,20)/t17-/m0/s1. The van der Waals surface area contributed by atoms with Crippen LogP contribution in [0.15, 0.2) is 47.5 Å². The van der Waals surface area contributed by atoms with Crippen LogP contribution in [0.3, 0.4) is 0 Å². The molecule has 1 amide bonds. The molecule has 0 heterocycles. The number of sulfonamides is 1. The van der Waals surface area contributed by atoms with E-state index in [9.17, 15) is 13.2 Å². The van der Waals surface area contributed by atoms with Crippen molar-refractivity contribution >= 4 is 16.1 Å². The predicted molar refractivity (Wildman–Crippen MR) is 92.1 cm³/mol. The molecule has 0 bridgehead atoms. The zero-order valence-corrected chi connectivity index (χ0v) is 14.6. The number of nitrogens with one attached hydrogen (secondary N) is 1. The average Bonchev–Trinajstić information content (AvgIpc) is 2.55. The van der Waals surface area contributed by atoms with Crippen LogP contribution in [0, 0.1) is 12.8 Å². The summed E-state index contributed by atoms with van der Waals surface area (Å²) in [7, 11) is -3.94. The van der Waals surface area contributed by atoms with Crippen molar-refractivity contribution in [3.63, 3.8) is 0 Å². The number of benzene rings is 1. The van der Waals surface area contributed by atoms with Crippen molar-refractivity contribution in [3.8, 4) is 0 Å². The van der Waals surface area contributed by atoms with Gasteiger partial charge in [-0.2, -0.15) is 0 Å². The fourth-order valence-electron chi connectivity index (χ4n) is 2.88. The molecule has 1 aliphatic rings. The first-order valence-electron chi connectivity index (χ1n) is 8.08. The molecule has 130 valence electrons. The summed E-state index contributed by atoms with van der Waals surface area (Å²) in [5.74, 6) is 0.181. The van der Waals surface area contributed by atoms with Gasteiger partial charge < -0.3 is 4.74 Å². The molecule has 6 heteroatoms. The molecular formula is C18H23NO4S. The lowest BCUT2D eigenvalue weighted by Gasteiger charge is -2.27. The Hall–Kier alpha value is -2.04. The lowest BCUT2D eigenvalue weighted by Crippen LogP contribution is -2.36. The van der Waals surface area contributed by atoms with E-state index in [1.54, 1.807) is 18.2 Å². The third kappa shape index (κ3) is 4.98. The number of hydrogen-bond acceptors (Lipinski definition) is 4. The summed E-state index contributed by atoms with van der Waals surface area (Å²) in [5.41, 5.74) is 3.58. The van der Waals surface area contributed by atoms with Gasteiger partial charge in [0.2, 0.25) is 0 Å². The Kier molecular flexibility index (Phi) is 6.23. The van der Waals surface area contributed by atoms with Gasteiger partial charge in [-0.3, -0.25) is 0 Å². The van der Waals surface area contributed by atoms with Crippen LogP contribution in [-0.2, 0) is 14.8 Å². The minimum absolute atomic E-state index is 0.0264. The Labute approximate surface area is 143 Å². The Bertz CT molecular complexity index is 712. The van der Waals surface area contributed by atoms with Crippen LogP contribution < -0.4 is 4.72 Å². The van der Waals surface area contributed by atoms with Crippen molar-refractivity contribution in [3.05, 3.63) is 48.2 Å². The molecule has 0 spiro atoms. The van der Waals surface area contributed by atoms with Gasteiger partial charge in [0.05, 0.1) is 4.90 Å². The van der Waals surface area contributed by atoms with Crippen LogP contribution in [0.25, 0.3) is 0 Å². The minimum Gasteiger partial charge on any atom is -0.440 e. The van der Waals surface area contributed by atoms with Crippen LogP contribution >= 0.6 is 0 Å². The maximum absolute atomic E-state index is 12.2. The zero-order chi connectivity index (χ0) is 17.6. The lowest BCUT2D eigenvalue weighted by atomic mass is 9.85. The Morgan fingerprint density at radius 1 is 1.29 bits per heavy atom. The van der Waals surface area contributed by atoms with E-state index in [4.69, 9.17) is 4.74 Å². The van der Waals surface area contributed by atoms with Gasteiger partial charge in [-0.1, -0.05) is 43.5 Å². The van der Waals surface area contributed by atoms with E-state index >= 15 is 0 Å². The van der Waals surface area contributed by atoms with E-state index in [0.717, 1.165) is 31.2 Å². The second-order valence-corrected chi connectivity index (χ2v) is 7.74. The average molecular weight is 349 g/mol. The summed E-state index contributed by atoms with van der Waals surface area (Å²) < 4.78 is 31.7. The van der Waals surface area contributed by atoms with Gasteiger partial charge in [0, 0.05) is 5.92 Å². The number of ether oxygens (including phenoxy) is 1. The third-order valence-electron chi connectivity index (χ3n) is 4.19. The molecule has 0 aliphatic heterocycles. The number of amides is 1. The van der Waals surface area contributed by atoms with Crippen LogP contribution in [0.1, 0.15) is 37.7 Å². The second kappa shape index (κ2) is 8.18. The monoisotopic (exact) mass is 349 g/mol. The summed E-state index contributed by atoms with van der Waals surface area (Å²) in [6.45, 7) is 5.38. The Balaban J connectivity index is 2.04. The van der Waals surface area contributed by atoms with Crippen LogP contribution in [-0.4, -0.2) is 20.6 Å². The normalized spacial score (nSPS) is 16.7. The molecule has 5 nitrogen and oxygen atoms in total. The van der Waals surface area contributed by atoms with E-state index in [1.807, 2.05) is 11.6 Å². The van der Waals surface area contributed by atoms with Crippen LogP contribution in [0.2, 0.25) is 0 Å².